The van der Waals surface area contributed by atoms with E-state index in [4.69, 9.17) is 0 Å². The molecule has 2 aromatic rings. The average Bonchev–Trinajstić information content (AvgIpc) is 3.31. The van der Waals surface area contributed by atoms with Gasteiger partial charge in [-0.2, -0.15) is 0 Å². The van der Waals surface area contributed by atoms with Crippen molar-refractivity contribution in [2.45, 2.75) is 70.4 Å². The summed E-state index contributed by atoms with van der Waals surface area (Å²) in [6.45, 7) is 7.62. The molecule has 1 heterocycles. The molecule has 0 unspecified atom stereocenters. The van der Waals surface area contributed by atoms with Crippen LogP contribution in [0.5, 0.6) is 0 Å². The summed E-state index contributed by atoms with van der Waals surface area (Å²) in [7, 11) is 0. The minimum absolute atomic E-state index is 0.212. The lowest BCUT2D eigenvalue weighted by atomic mass is 9.88. The number of rotatable bonds is 9. The number of amides is 1. The molecule has 3 N–H and O–H groups in total. The third kappa shape index (κ3) is 6.77. The largest absolute Gasteiger partial charge is 0.480 e. The van der Waals surface area contributed by atoms with E-state index < -0.39 is 35.5 Å². The van der Waals surface area contributed by atoms with Gasteiger partial charge >= 0.3 is 5.97 Å². The molecule has 2 aromatic carbocycles. The summed E-state index contributed by atoms with van der Waals surface area (Å²) in [6, 6.07) is 9.02. The normalized spacial score (nSPS) is 20.7. The lowest BCUT2D eigenvalue weighted by Gasteiger charge is -2.31. The third-order valence-corrected chi connectivity index (χ3v) is 7.93. The number of halogens is 2. The van der Waals surface area contributed by atoms with E-state index >= 15 is 0 Å². The van der Waals surface area contributed by atoms with Crippen LogP contribution < -0.4 is 10.6 Å². The number of carboxylic acids is 1. The van der Waals surface area contributed by atoms with Gasteiger partial charge in [0.05, 0.1) is 5.92 Å². The van der Waals surface area contributed by atoms with Crippen molar-refractivity contribution in [1.29, 1.82) is 0 Å². The minimum atomic E-state index is -0.933. The first-order valence-electron chi connectivity index (χ1n) is 13.6. The van der Waals surface area contributed by atoms with E-state index in [0.29, 0.717) is 31.6 Å². The molecule has 1 aliphatic carbocycles. The molecule has 1 aliphatic heterocycles. The summed E-state index contributed by atoms with van der Waals surface area (Å²) in [5.41, 5.74) is 3.80. The van der Waals surface area contributed by atoms with Gasteiger partial charge in [-0.15, -0.1) is 0 Å². The van der Waals surface area contributed by atoms with Crippen molar-refractivity contribution >= 4 is 11.9 Å². The van der Waals surface area contributed by atoms with Gasteiger partial charge in [-0.25, -0.2) is 8.78 Å². The zero-order valence-electron chi connectivity index (χ0n) is 22.5. The summed E-state index contributed by atoms with van der Waals surface area (Å²) >= 11 is 0. The Morgan fingerprint density at radius 2 is 1.76 bits per heavy atom. The van der Waals surface area contributed by atoms with Crippen LogP contribution in [0.2, 0.25) is 0 Å². The molecule has 0 spiro atoms. The number of aliphatic carboxylic acids is 1. The van der Waals surface area contributed by atoms with Gasteiger partial charge in [0, 0.05) is 43.7 Å². The molecule has 4 rings (SSSR count). The Balaban J connectivity index is 1.35. The fourth-order valence-electron chi connectivity index (χ4n) is 5.69. The Bertz CT molecular complexity index is 1160. The van der Waals surface area contributed by atoms with Crippen molar-refractivity contribution in [3.63, 3.8) is 0 Å². The van der Waals surface area contributed by atoms with Crippen LogP contribution in [0.1, 0.15) is 61.8 Å². The van der Waals surface area contributed by atoms with E-state index in [0.717, 1.165) is 24.5 Å². The number of aryl methyl sites for hydroxylation is 2. The highest BCUT2D eigenvalue weighted by atomic mass is 19.1. The predicted molar refractivity (Wildman–Crippen MR) is 143 cm³/mol. The maximum atomic E-state index is 14.7. The fourth-order valence-corrected chi connectivity index (χ4v) is 5.69. The highest BCUT2D eigenvalue weighted by Gasteiger charge is 2.42. The summed E-state index contributed by atoms with van der Waals surface area (Å²) < 4.78 is 28.2. The molecule has 38 heavy (non-hydrogen) atoms. The fraction of sp³-hybridized carbons (Fsp3) is 0.533. The summed E-state index contributed by atoms with van der Waals surface area (Å²) in [5, 5.41) is 15.7. The first kappa shape index (κ1) is 28.2. The van der Waals surface area contributed by atoms with Gasteiger partial charge in [-0.1, -0.05) is 24.3 Å². The Labute approximate surface area is 223 Å². The van der Waals surface area contributed by atoms with Crippen molar-refractivity contribution in [2.75, 3.05) is 26.2 Å². The van der Waals surface area contributed by atoms with Crippen molar-refractivity contribution in [3.05, 3.63) is 70.3 Å². The molecule has 3 atom stereocenters. The van der Waals surface area contributed by atoms with Gasteiger partial charge in [0.15, 0.2) is 0 Å². The standard InChI is InChI=1S/C30H39F2N3O3/c1-30(2,3)35-17-24(23-11-10-22(31)16-26(23)32)25(18-35)28(36)34-13-12-33-27(29(37)38)15-19-8-9-20-6-4-5-7-21(20)14-19/h8-11,14,16,24-25,27,33H,4-7,12-13,15,17-18H2,1-3H3,(H,34,36)(H,37,38)/t24-,25+,27-/m0/s1. The van der Waals surface area contributed by atoms with Crippen LogP contribution in [-0.2, 0) is 28.9 Å². The highest BCUT2D eigenvalue weighted by Crippen LogP contribution is 2.37. The Morgan fingerprint density at radius 1 is 1.03 bits per heavy atom. The second kappa shape index (κ2) is 11.9. The van der Waals surface area contributed by atoms with Crippen LogP contribution in [0.4, 0.5) is 8.78 Å². The van der Waals surface area contributed by atoms with E-state index in [-0.39, 0.29) is 18.0 Å². The second-order valence-corrected chi connectivity index (χ2v) is 11.6. The molecule has 8 heteroatoms. The molecule has 0 aromatic heterocycles. The molecule has 0 radical (unpaired) electrons. The Morgan fingerprint density at radius 3 is 2.45 bits per heavy atom. The number of carboxylic acid groups (broad SMARTS) is 1. The number of likely N-dealkylation sites (tertiary alicyclic amines) is 1. The third-order valence-electron chi connectivity index (χ3n) is 7.93. The van der Waals surface area contributed by atoms with Gasteiger partial charge in [0.25, 0.3) is 0 Å². The quantitative estimate of drug-likeness (QED) is 0.429. The number of carbonyl (C=O) groups excluding carboxylic acids is 1. The van der Waals surface area contributed by atoms with Crippen molar-refractivity contribution in [1.82, 2.24) is 15.5 Å². The van der Waals surface area contributed by atoms with E-state index in [1.165, 1.54) is 36.1 Å². The number of nitrogens with zero attached hydrogens (tertiary/aromatic N) is 1. The maximum absolute atomic E-state index is 14.7. The zero-order valence-corrected chi connectivity index (χ0v) is 22.5. The molecule has 1 saturated heterocycles. The van der Waals surface area contributed by atoms with Gasteiger partial charge in [0.2, 0.25) is 5.91 Å². The topological polar surface area (TPSA) is 81.7 Å². The number of fused-ring (bicyclic) bond motifs is 1. The number of nitrogens with one attached hydrogen (secondary N) is 2. The van der Waals surface area contributed by atoms with Crippen molar-refractivity contribution < 1.29 is 23.5 Å². The number of hydrogen-bond donors (Lipinski definition) is 3. The highest BCUT2D eigenvalue weighted by molar-refractivity contribution is 5.80. The van der Waals surface area contributed by atoms with Crippen molar-refractivity contribution in [2.24, 2.45) is 5.92 Å². The molecular weight excluding hydrogens is 488 g/mol. The first-order valence-corrected chi connectivity index (χ1v) is 13.6. The molecule has 1 fully saturated rings. The Hall–Kier alpha value is -2.84. The second-order valence-electron chi connectivity index (χ2n) is 11.6. The van der Waals surface area contributed by atoms with E-state index in [1.807, 2.05) is 26.8 Å². The molecule has 0 bridgehead atoms. The van der Waals surface area contributed by atoms with Crippen LogP contribution >= 0.6 is 0 Å². The van der Waals surface area contributed by atoms with Crippen LogP contribution in [0.3, 0.4) is 0 Å². The molecule has 2 aliphatic rings. The monoisotopic (exact) mass is 527 g/mol. The van der Waals surface area contributed by atoms with E-state index in [2.05, 4.69) is 27.7 Å². The van der Waals surface area contributed by atoms with Gasteiger partial charge < -0.3 is 15.7 Å². The van der Waals surface area contributed by atoms with E-state index in [9.17, 15) is 23.5 Å². The average molecular weight is 528 g/mol. The zero-order chi connectivity index (χ0) is 27.4. The number of benzene rings is 2. The van der Waals surface area contributed by atoms with E-state index in [1.54, 1.807) is 0 Å². The first-order chi connectivity index (χ1) is 18.0. The van der Waals surface area contributed by atoms with Gasteiger partial charge in [-0.3, -0.25) is 14.5 Å². The smallest absolute Gasteiger partial charge is 0.321 e. The van der Waals surface area contributed by atoms with Crippen LogP contribution in [0, 0.1) is 17.6 Å². The number of hydrogen-bond acceptors (Lipinski definition) is 4. The lowest BCUT2D eigenvalue weighted by molar-refractivity contribution is -0.139. The molecule has 0 saturated carbocycles. The summed E-state index contributed by atoms with van der Waals surface area (Å²) in [6.07, 6.45) is 4.85. The Kier molecular flexibility index (Phi) is 8.83. The van der Waals surface area contributed by atoms with Crippen LogP contribution in [0.25, 0.3) is 0 Å². The minimum Gasteiger partial charge on any atom is -0.480 e. The number of carbonyl (C=O) groups is 2. The molecular formula is C30H39F2N3O3. The molecule has 206 valence electrons. The molecule has 1 amide bonds. The SMILES string of the molecule is CC(C)(C)N1C[C@@H](C(=O)NCCN[C@@H](Cc2ccc3c(c2)CCCC3)C(=O)O)[C@H](c2ccc(F)cc2F)C1. The van der Waals surface area contributed by atoms with Gasteiger partial charge in [-0.05, 0) is 81.2 Å². The van der Waals surface area contributed by atoms with Crippen LogP contribution in [0.15, 0.2) is 36.4 Å². The maximum Gasteiger partial charge on any atom is 0.321 e. The van der Waals surface area contributed by atoms with Crippen LogP contribution in [-0.4, -0.2) is 59.6 Å². The summed E-state index contributed by atoms with van der Waals surface area (Å²) in [5.74, 6) is -3.34. The predicted octanol–water partition coefficient (Wildman–Crippen LogP) is 4.06. The lowest BCUT2D eigenvalue weighted by Crippen LogP contribution is -2.44. The summed E-state index contributed by atoms with van der Waals surface area (Å²) in [4.78, 5) is 27.2. The molecule has 6 nitrogen and oxygen atoms in total. The van der Waals surface area contributed by atoms with Gasteiger partial charge in [0.1, 0.15) is 17.7 Å². The van der Waals surface area contributed by atoms with Crippen molar-refractivity contribution in [3.8, 4) is 0 Å².